The van der Waals surface area contributed by atoms with Crippen LogP contribution in [-0.4, -0.2) is 62.9 Å². The van der Waals surface area contributed by atoms with Crippen LogP contribution in [0.1, 0.15) is 22.8 Å². The van der Waals surface area contributed by atoms with Gasteiger partial charge in [-0.15, -0.1) is 0 Å². The van der Waals surface area contributed by atoms with Crippen LogP contribution in [0.3, 0.4) is 0 Å². The fraction of sp³-hybridized carbons (Fsp3) is 0.500. The van der Waals surface area contributed by atoms with Gasteiger partial charge in [-0.2, -0.15) is 0 Å². The molecule has 8 heteroatoms. The number of benzene rings is 1. The van der Waals surface area contributed by atoms with Crippen LogP contribution in [0.4, 0.5) is 0 Å². The van der Waals surface area contributed by atoms with E-state index in [-0.39, 0.29) is 23.5 Å². The summed E-state index contributed by atoms with van der Waals surface area (Å²) in [6.07, 6.45) is 0. The lowest BCUT2D eigenvalue weighted by atomic mass is 10.1. The minimum Gasteiger partial charge on any atom is -0.465 e. The van der Waals surface area contributed by atoms with Gasteiger partial charge in [0.1, 0.15) is 0 Å². The lowest BCUT2D eigenvalue weighted by molar-refractivity contribution is -0.126. The van der Waals surface area contributed by atoms with Crippen molar-refractivity contribution in [2.75, 3.05) is 31.7 Å². The van der Waals surface area contributed by atoms with Crippen molar-refractivity contribution in [1.29, 1.82) is 0 Å². The monoisotopic (exact) mass is 354 g/mol. The van der Waals surface area contributed by atoms with E-state index >= 15 is 0 Å². The molecule has 0 spiro atoms. The third-order valence-corrected chi connectivity index (χ3v) is 5.76. The Bertz CT molecular complexity index is 686. The van der Waals surface area contributed by atoms with Gasteiger partial charge < -0.3 is 10.1 Å². The average molecular weight is 354 g/mol. The van der Waals surface area contributed by atoms with Crippen molar-refractivity contribution >= 4 is 21.7 Å². The smallest absolute Gasteiger partial charge is 0.337 e. The fourth-order valence-electron chi connectivity index (χ4n) is 2.49. The number of amides is 1. The van der Waals surface area contributed by atoms with E-state index in [9.17, 15) is 18.0 Å². The van der Waals surface area contributed by atoms with Crippen molar-refractivity contribution in [1.82, 2.24) is 10.2 Å². The van der Waals surface area contributed by atoms with Gasteiger partial charge in [-0.3, -0.25) is 9.69 Å². The molecule has 0 saturated carbocycles. The Morgan fingerprint density at radius 2 is 1.79 bits per heavy atom. The lowest BCUT2D eigenvalue weighted by Gasteiger charge is -2.31. The van der Waals surface area contributed by atoms with Crippen LogP contribution in [0.15, 0.2) is 24.3 Å². The van der Waals surface area contributed by atoms with Crippen molar-refractivity contribution in [2.24, 2.45) is 0 Å². The van der Waals surface area contributed by atoms with Crippen LogP contribution < -0.4 is 5.32 Å². The molecule has 1 atom stereocenters. The van der Waals surface area contributed by atoms with Gasteiger partial charge in [0.15, 0.2) is 9.84 Å². The maximum absolute atomic E-state index is 12.2. The Labute approximate surface area is 141 Å². The van der Waals surface area contributed by atoms with E-state index in [0.29, 0.717) is 25.2 Å². The molecule has 1 amide bonds. The zero-order valence-electron chi connectivity index (χ0n) is 13.8. The molecule has 1 fully saturated rings. The number of sulfone groups is 1. The average Bonchev–Trinajstić information content (AvgIpc) is 2.58. The van der Waals surface area contributed by atoms with Gasteiger partial charge >= 0.3 is 5.97 Å². The highest BCUT2D eigenvalue weighted by atomic mass is 32.2. The molecule has 7 nitrogen and oxygen atoms in total. The SMILES string of the molecule is COC(=O)c1ccc(CNC(=O)C(C)N2CCS(=O)(=O)CC2)cc1. The van der Waals surface area contributed by atoms with Gasteiger partial charge in [-0.25, -0.2) is 13.2 Å². The number of hydrogen-bond acceptors (Lipinski definition) is 6. The second-order valence-corrected chi connectivity index (χ2v) is 8.07. The van der Waals surface area contributed by atoms with Crippen molar-refractivity contribution in [3.05, 3.63) is 35.4 Å². The normalized spacial score (nSPS) is 18.6. The van der Waals surface area contributed by atoms with Crippen LogP contribution in [0.5, 0.6) is 0 Å². The van der Waals surface area contributed by atoms with Crippen LogP contribution in [0, 0.1) is 0 Å². The molecule has 1 N–H and O–H groups in total. The minimum atomic E-state index is -2.95. The molecule has 1 aromatic rings. The van der Waals surface area contributed by atoms with E-state index in [1.807, 2.05) is 4.90 Å². The van der Waals surface area contributed by atoms with E-state index in [4.69, 9.17) is 0 Å². The topological polar surface area (TPSA) is 92.8 Å². The van der Waals surface area contributed by atoms with Gasteiger partial charge in [-0.05, 0) is 24.6 Å². The molecule has 1 saturated heterocycles. The number of methoxy groups -OCH3 is 1. The Kier molecular flexibility index (Phi) is 5.95. The Morgan fingerprint density at radius 1 is 1.21 bits per heavy atom. The molecule has 1 aliphatic heterocycles. The highest BCUT2D eigenvalue weighted by Gasteiger charge is 2.28. The number of carbonyl (C=O) groups excluding carboxylic acids is 2. The van der Waals surface area contributed by atoms with Crippen molar-refractivity contribution in [3.8, 4) is 0 Å². The molecule has 1 unspecified atom stereocenters. The molecule has 0 bridgehead atoms. The quantitative estimate of drug-likeness (QED) is 0.760. The molecule has 132 valence electrons. The lowest BCUT2D eigenvalue weighted by Crippen LogP contribution is -2.50. The van der Waals surface area contributed by atoms with Crippen molar-refractivity contribution in [2.45, 2.75) is 19.5 Å². The van der Waals surface area contributed by atoms with Crippen LogP contribution in [-0.2, 0) is 25.9 Å². The number of hydrogen-bond donors (Lipinski definition) is 1. The number of nitrogens with one attached hydrogen (secondary N) is 1. The molecule has 2 rings (SSSR count). The summed E-state index contributed by atoms with van der Waals surface area (Å²) in [6, 6.07) is 6.42. The van der Waals surface area contributed by atoms with E-state index in [0.717, 1.165) is 5.56 Å². The molecule has 1 heterocycles. The first-order chi connectivity index (χ1) is 11.3. The van der Waals surface area contributed by atoms with E-state index in [1.165, 1.54) is 7.11 Å². The summed E-state index contributed by atoms with van der Waals surface area (Å²) in [5, 5.41) is 2.83. The third kappa shape index (κ3) is 4.78. The molecular formula is C16H22N2O5S. The number of ether oxygens (including phenoxy) is 1. The summed E-state index contributed by atoms with van der Waals surface area (Å²) < 4.78 is 27.5. The number of carbonyl (C=O) groups is 2. The first-order valence-corrected chi connectivity index (χ1v) is 9.54. The second kappa shape index (κ2) is 7.76. The first-order valence-electron chi connectivity index (χ1n) is 7.72. The van der Waals surface area contributed by atoms with Crippen molar-refractivity contribution in [3.63, 3.8) is 0 Å². The van der Waals surface area contributed by atoms with Gasteiger partial charge in [0.25, 0.3) is 0 Å². The Morgan fingerprint density at radius 3 is 2.33 bits per heavy atom. The van der Waals surface area contributed by atoms with Gasteiger partial charge in [0.05, 0.1) is 30.2 Å². The van der Waals surface area contributed by atoms with Crippen molar-refractivity contribution < 1.29 is 22.7 Å². The summed E-state index contributed by atoms with van der Waals surface area (Å²) in [4.78, 5) is 25.5. The summed E-state index contributed by atoms with van der Waals surface area (Å²) in [7, 11) is -1.63. The van der Waals surface area contributed by atoms with Gasteiger partial charge in [0.2, 0.25) is 5.91 Å². The number of esters is 1. The highest BCUT2D eigenvalue weighted by molar-refractivity contribution is 7.91. The summed E-state index contributed by atoms with van der Waals surface area (Å²) in [5.74, 6) is -0.357. The van der Waals surface area contributed by atoms with Gasteiger partial charge in [0, 0.05) is 19.6 Å². The zero-order chi connectivity index (χ0) is 17.7. The Hall–Kier alpha value is -1.93. The van der Waals surface area contributed by atoms with E-state index in [2.05, 4.69) is 10.1 Å². The maximum atomic E-state index is 12.2. The zero-order valence-corrected chi connectivity index (χ0v) is 14.6. The third-order valence-electron chi connectivity index (χ3n) is 4.15. The number of rotatable bonds is 5. The standard InChI is InChI=1S/C16H22N2O5S/c1-12(18-7-9-24(21,22)10-8-18)15(19)17-11-13-3-5-14(6-4-13)16(20)23-2/h3-6,12H,7-11H2,1-2H3,(H,17,19). The minimum absolute atomic E-state index is 0.0968. The summed E-state index contributed by atoms with van der Waals surface area (Å²) in [5.41, 5.74) is 1.32. The predicted molar refractivity (Wildman–Crippen MR) is 89.3 cm³/mol. The van der Waals surface area contributed by atoms with E-state index < -0.39 is 15.8 Å². The predicted octanol–water partition coefficient (Wildman–Crippen LogP) is 0.208. The van der Waals surface area contributed by atoms with E-state index in [1.54, 1.807) is 31.2 Å². The molecule has 0 radical (unpaired) electrons. The largest absolute Gasteiger partial charge is 0.465 e. The Balaban J connectivity index is 1.85. The fourth-order valence-corrected chi connectivity index (χ4v) is 3.72. The molecule has 24 heavy (non-hydrogen) atoms. The highest BCUT2D eigenvalue weighted by Crippen LogP contribution is 2.09. The molecule has 0 aliphatic carbocycles. The molecule has 0 aromatic heterocycles. The molecular weight excluding hydrogens is 332 g/mol. The second-order valence-electron chi connectivity index (χ2n) is 5.77. The van der Waals surface area contributed by atoms with Crippen LogP contribution >= 0.6 is 0 Å². The van der Waals surface area contributed by atoms with Crippen LogP contribution in [0.25, 0.3) is 0 Å². The summed E-state index contributed by atoms with van der Waals surface area (Å²) in [6.45, 7) is 2.87. The van der Waals surface area contributed by atoms with Gasteiger partial charge in [-0.1, -0.05) is 12.1 Å². The number of nitrogens with zero attached hydrogens (tertiary/aromatic N) is 1. The molecule has 1 aromatic carbocycles. The first kappa shape index (κ1) is 18.4. The molecule has 1 aliphatic rings. The maximum Gasteiger partial charge on any atom is 0.337 e. The summed E-state index contributed by atoms with van der Waals surface area (Å²) >= 11 is 0. The van der Waals surface area contributed by atoms with Crippen LogP contribution in [0.2, 0.25) is 0 Å².